The molecule has 0 N–H and O–H groups in total. The molecule has 2 heterocycles. The number of carbonyl (C=O) groups is 1. The zero-order valence-electron chi connectivity index (χ0n) is 13.1. The minimum Gasteiger partial charge on any atom is -0.288 e. The maximum atomic E-state index is 11.7. The van der Waals surface area contributed by atoms with E-state index in [1.807, 2.05) is 66.7 Å². The van der Waals surface area contributed by atoms with E-state index < -0.39 is 0 Å². The Morgan fingerprint density at radius 3 is 2.08 bits per heavy atom. The SMILES string of the molecule is Clc1ccc(-c2cc[c]s2)cc1.O=C(c1ccccc1)c1cc[c]s1. The van der Waals surface area contributed by atoms with Gasteiger partial charge in [-0.15, -0.1) is 22.7 Å². The van der Waals surface area contributed by atoms with Crippen LogP contribution in [0.4, 0.5) is 0 Å². The van der Waals surface area contributed by atoms with E-state index in [1.165, 1.54) is 21.8 Å². The molecule has 2 aromatic carbocycles. The van der Waals surface area contributed by atoms with Gasteiger partial charge >= 0.3 is 0 Å². The molecular weight excluding hydrogens is 368 g/mol. The van der Waals surface area contributed by atoms with Gasteiger partial charge in [-0.25, -0.2) is 0 Å². The molecule has 4 rings (SSSR count). The van der Waals surface area contributed by atoms with Crippen molar-refractivity contribution in [2.24, 2.45) is 0 Å². The van der Waals surface area contributed by atoms with Gasteiger partial charge in [-0.3, -0.25) is 4.79 Å². The monoisotopic (exact) mass is 380 g/mol. The predicted octanol–water partition coefficient (Wildman–Crippen LogP) is 6.65. The molecule has 0 unspecified atom stereocenters. The second-order valence-electron chi connectivity index (χ2n) is 5.04. The lowest BCUT2D eigenvalue weighted by atomic mass is 10.1. The number of ketones is 1. The van der Waals surface area contributed by atoms with E-state index in [4.69, 9.17) is 11.6 Å². The summed E-state index contributed by atoms with van der Waals surface area (Å²) >= 11 is 8.73. The van der Waals surface area contributed by atoms with Gasteiger partial charge in [0.1, 0.15) is 0 Å². The normalized spacial score (nSPS) is 9.96. The molecule has 0 fully saturated rings. The molecule has 25 heavy (non-hydrogen) atoms. The average molecular weight is 381 g/mol. The highest BCUT2D eigenvalue weighted by Crippen LogP contribution is 2.25. The Kier molecular flexibility index (Phi) is 6.18. The molecule has 0 amide bonds. The minimum atomic E-state index is 0.0758. The van der Waals surface area contributed by atoms with Gasteiger partial charge in [-0.2, -0.15) is 0 Å². The largest absolute Gasteiger partial charge is 0.288 e. The van der Waals surface area contributed by atoms with Crippen molar-refractivity contribution >= 4 is 40.1 Å². The molecule has 0 aliphatic heterocycles. The summed E-state index contributed by atoms with van der Waals surface area (Å²) in [6.45, 7) is 0. The first-order chi connectivity index (χ1) is 12.2. The molecule has 0 aliphatic carbocycles. The molecule has 0 bridgehead atoms. The maximum Gasteiger partial charge on any atom is 0.202 e. The highest BCUT2D eigenvalue weighted by atomic mass is 35.5. The van der Waals surface area contributed by atoms with Crippen molar-refractivity contribution in [1.82, 2.24) is 0 Å². The standard InChI is InChI=1S/C11H7OS.C10H6ClS/c12-11(10-7-4-8-13-10)9-5-2-1-3-6-9;11-9-5-3-8(4-6-9)10-2-1-7-12-10/h1-7H;1-6H. The molecule has 0 aliphatic rings. The summed E-state index contributed by atoms with van der Waals surface area (Å²) in [6.07, 6.45) is 0. The lowest BCUT2D eigenvalue weighted by Gasteiger charge is -1.95. The molecule has 0 saturated heterocycles. The number of hydrogen-bond donors (Lipinski definition) is 0. The molecule has 122 valence electrons. The summed E-state index contributed by atoms with van der Waals surface area (Å²) in [4.78, 5) is 13.7. The Morgan fingerprint density at radius 1 is 0.800 bits per heavy atom. The van der Waals surface area contributed by atoms with Crippen LogP contribution in [0.5, 0.6) is 0 Å². The van der Waals surface area contributed by atoms with E-state index in [1.54, 1.807) is 23.5 Å². The van der Waals surface area contributed by atoms with Crippen molar-refractivity contribution in [3.63, 3.8) is 0 Å². The Morgan fingerprint density at radius 2 is 1.48 bits per heavy atom. The first-order valence-electron chi connectivity index (χ1n) is 7.51. The van der Waals surface area contributed by atoms with Crippen molar-refractivity contribution in [2.45, 2.75) is 0 Å². The van der Waals surface area contributed by atoms with Crippen LogP contribution >= 0.6 is 34.3 Å². The van der Waals surface area contributed by atoms with Crippen molar-refractivity contribution in [3.8, 4) is 10.4 Å². The maximum absolute atomic E-state index is 11.7. The topological polar surface area (TPSA) is 17.1 Å². The van der Waals surface area contributed by atoms with Gasteiger partial charge in [0.05, 0.1) is 4.88 Å². The van der Waals surface area contributed by atoms with Crippen LogP contribution < -0.4 is 0 Å². The second-order valence-corrected chi connectivity index (χ2v) is 7.23. The Hall–Kier alpha value is -2.20. The van der Waals surface area contributed by atoms with Crippen LogP contribution in [0.3, 0.4) is 0 Å². The lowest BCUT2D eigenvalue weighted by Crippen LogP contribution is -1.96. The molecule has 2 aromatic heterocycles. The van der Waals surface area contributed by atoms with Crippen LogP contribution in [0.1, 0.15) is 15.2 Å². The number of thiophene rings is 2. The quantitative estimate of drug-likeness (QED) is 0.364. The smallest absolute Gasteiger partial charge is 0.202 e. The van der Waals surface area contributed by atoms with Crippen molar-refractivity contribution < 1.29 is 4.79 Å². The molecule has 0 saturated carbocycles. The van der Waals surface area contributed by atoms with Crippen LogP contribution in [0.2, 0.25) is 5.02 Å². The lowest BCUT2D eigenvalue weighted by molar-refractivity contribution is 0.104. The third-order valence-corrected chi connectivity index (χ3v) is 5.22. The molecule has 0 atom stereocenters. The van der Waals surface area contributed by atoms with Gasteiger partial charge in [-0.1, -0.05) is 54.1 Å². The van der Waals surface area contributed by atoms with Crippen LogP contribution in [0, 0.1) is 10.8 Å². The predicted molar refractivity (Wildman–Crippen MR) is 107 cm³/mol. The minimum absolute atomic E-state index is 0.0758. The second kappa shape index (κ2) is 8.77. The number of hydrogen-bond acceptors (Lipinski definition) is 3. The molecule has 1 nitrogen and oxygen atoms in total. The van der Waals surface area contributed by atoms with Crippen LogP contribution in [-0.4, -0.2) is 5.78 Å². The fourth-order valence-corrected chi connectivity index (χ4v) is 3.49. The van der Waals surface area contributed by atoms with E-state index >= 15 is 0 Å². The summed E-state index contributed by atoms with van der Waals surface area (Å²) in [6, 6.07) is 24.6. The first kappa shape index (κ1) is 17.6. The van der Waals surface area contributed by atoms with E-state index in [0.717, 1.165) is 15.5 Å². The number of halogens is 1. The van der Waals surface area contributed by atoms with Gasteiger partial charge in [0.15, 0.2) is 0 Å². The van der Waals surface area contributed by atoms with E-state index in [9.17, 15) is 4.79 Å². The fraction of sp³-hybridized carbons (Fsp3) is 0. The van der Waals surface area contributed by atoms with Gasteiger partial charge in [0.2, 0.25) is 5.78 Å². The Bertz CT molecular complexity index is 896. The van der Waals surface area contributed by atoms with E-state index in [2.05, 4.69) is 10.8 Å². The van der Waals surface area contributed by atoms with E-state index in [0.29, 0.717) is 0 Å². The average Bonchev–Trinajstić information content (AvgIpc) is 3.37. The molecule has 4 heteroatoms. The van der Waals surface area contributed by atoms with Crippen molar-refractivity contribution in [3.05, 3.63) is 105 Å². The zero-order valence-corrected chi connectivity index (χ0v) is 15.5. The van der Waals surface area contributed by atoms with Gasteiger partial charge in [0.25, 0.3) is 0 Å². The van der Waals surface area contributed by atoms with Crippen LogP contribution in [0.25, 0.3) is 10.4 Å². The summed E-state index contributed by atoms with van der Waals surface area (Å²) in [5, 5.41) is 6.73. The summed E-state index contributed by atoms with van der Waals surface area (Å²) in [7, 11) is 0. The zero-order chi connectivity index (χ0) is 17.5. The Labute approximate surface area is 160 Å². The van der Waals surface area contributed by atoms with Gasteiger partial charge in [0, 0.05) is 26.2 Å². The number of carbonyl (C=O) groups excluding carboxylic acids is 1. The molecule has 4 aromatic rings. The summed E-state index contributed by atoms with van der Waals surface area (Å²) in [5.74, 6) is 0.0758. The van der Waals surface area contributed by atoms with Crippen LogP contribution in [0.15, 0.2) is 78.9 Å². The number of benzene rings is 2. The van der Waals surface area contributed by atoms with Gasteiger partial charge < -0.3 is 0 Å². The third-order valence-electron chi connectivity index (χ3n) is 3.33. The first-order valence-corrected chi connectivity index (χ1v) is 9.52. The third kappa shape index (κ3) is 4.89. The highest BCUT2D eigenvalue weighted by Gasteiger charge is 2.08. The fourth-order valence-electron chi connectivity index (χ4n) is 2.11. The van der Waals surface area contributed by atoms with Crippen LogP contribution in [-0.2, 0) is 0 Å². The van der Waals surface area contributed by atoms with Crippen molar-refractivity contribution in [2.75, 3.05) is 0 Å². The van der Waals surface area contributed by atoms with Crippen molar-refractivity contribution in [1.29, 1.82) is 0 Å². The van der Waals surface area contributed by atoms with E-state index in [-0.39, 0.29) is 5.78 Å². The summed E-state index contributed by atoms with van der Waals surface area (Å²) < 4.78 is 0. The summed E-state index contributed by atoms with van der Waals surface area (Å²) in [5.41, 5.74) is 1.93. The molecule has 2 radical (unpaired) electrons. The number of rotatable bonds is 3. The molecular formula is C21H13ClOS2. The highest BCUT2D eigenvalue weighted by molar-refractivity contribution is 7.13. The molecule has 0 spiro atoms. The Balaban J connectivity index is 0.000000146. The van der Waals surface area contributed by atoms with Gasteiger partial charge in [-0.05, 0) is 42.0 Å².